The normalized spacial score (nSPS) is 15.7. The molecule has 3 aromatic rings. The number of halogens is 1. The summed E-state index contributed by atoms with van der Waals surface area (Å²) >= 11 is 0. The smallest absolute Gasteiger partial charge is 0.262 e. The maximum Gasteiger partial charge on any atom is 0.262 e. The third kappa shape index (κ3) is 4.64. The Morgan fingerprint density at radius 3 is 2.65 bits per heavy atom. The summed E-state index contributed by atoms with van der Waals surface area (Å²) in [7, 11) is 0. The minimum absolute atomic E-state index is 0.119. The largest absolute Gasteiger partial charge is 0.484 e. The molecule has 176 valence electrons. The van der Waals surface area contributed by atoms with Gasteiger partial charge in [0, 0.05) is 37.3 Å². The predicted molar refractivity (Wildman–Crippen MR) is 125 cm³/mol. The zero-order valence-electron chi connectivity index (χ0n) is 18.8. The second kappa shape index (κ2) is 9.62. The number of rotatable bonds is 6. The predicted octanol–water partition coefficient (Wildman–Crippen LogP) is 3.95. The fourth-order valence-electron chi connectivity index (χ4n) is 4.45. The number of ether oxygens (including phenoxy) is 1. The van der Waals surface area contributed by atoms with Crippen LogP contribution >= 0.6 is 0 Å². The molecular formula is C25H26FN5O3. The third-order valence-electron chi connectivity index (χ3n) is 6.19. The first kappa shape index (κ1) is 22.1. The van der Waals surface area contributed by atoms with Crippen LogP contribution in [0.2, 0.25) is 0 Å². The van der Waals surface area contributed by atoms with Crippen molar-refractivity contribution in [3.05, 3.63) is 54.1 Å². The summed E-state index contributed by atoms with van der Waals surface area (Å²) in [6, 6.07) is 11.5. The van der Waals surface area contributed by atoms with Crippen LogP contribution in [0.4, 0.5) is 15.8 Å². The van der Waals surface area contributed by atoms with E-state index >= 15 is 0 Å². The lowest BCUT2D eigenvalue weighted by atomic mass is 10.1. The molecule has 0 saturated carbocycles. The fraction of sp³-hybridized carbons (Fsp3) is 0.360. The van der Waals surface area contributed by atoms with Gasteiger partial charge in [0.2, 0.25) is 5.91 Å². The molecule has 3 heterocycles. The van der Waals surface area contributed by atoms with Gasteiger partial charge in [0.25, 0.3) is 5.91 Å². The topological polar surface area (TPSA) is 89.3 Å². The van der Waals surface area contributed by atoms with Crippen LogP contribution in [0.3, 0.4) is 0 Å². The van der Waals surface area contributed by atoms with E-state index in [9.17, 15) is 14.0 Å². The van der Waals surface area contributed by atoms with E-state index in [1.54, 1.807) is 23.1 Å². The van der Waals surface area contributed by atoms with Crippen LogP contribution in [0.25, 0.3) is 11.4 Å². The number of amides is 2. The van der Waals surface area contributed by atoms with Crippen LogP contribution in [-0.2, 0) is 22.6 Å². The highest BCUT2D eigenvalue weighted by Gasteiger charge is 2.22. The van der Waals surface area contributed by atoms with Crippen LogP contribution < -0.4 is 15.0 Å². The van der Waals surface area contributed by atoms with Gasteiger partial charge in [-0.1, -0.05) is 6.42 Å². The average molecular weight is 464 g/mol. The lowest BCUT2D eigenvalue weighted by molar-refractivity contribution is -0.118. The number of benzene rings is 2. The molecule has 8 nitrogen and oxygen atoms in total. The van der Waals surface area contributed by atoms with Gasteiger partial charge in [-0.2, -0.15) is 0 Å². The van der Waals surface area contributed by atoms with Gasteiger partial charge in [-0.3, -0.25) is 9.59 Å². The van der Waals surface area contributed by atoms with Crippen molar-refractivity contribution in [1.29, 1.82) is 0 Å². The molecule has 1 fully saturated rings. The van der Waals surface area contributed by atoms with Crippen LogP contribution in [-0.4, -0.2) is 39.7 Å². The Balaban J connectivity index is 1.22. The number of carbonyl (C=O) groups excluding carboxylic acids is 2. The number of hydrogen-bond acceptors (Lipinski definition) is 5. The van der Waals surface area contributed by atoms with Gasteiger partial charge in [-0.25, -0.2) is 4.39 Å². The lowest BCUT2D eigenvalue weighted by Crippen LogP contribution is -2.23. The number of nitrogens with zero attached hydrogens (tertiary/aromatic N) is 4. The highest BCUT2D eigenvalue weighted by Crippen LogP contribution is 2.28. The second-order valence-electron chi connectivity index (χ2n) is 8.58. The van der Waals surface area contributed by atoms with E-state index in [-0.39, 0.29) is 18.4 Å². The van der Waals surface area contributed by atoms with E-state index in [0.29, 0.717) is 29.2 Å². The van der Waals surface area contributed by atoms with Gasteiger partial charge in [0.15, 0.2) is 12.4 Å². The van der Waals surface area contributed by atoms with E-state index in [1.165, 1.54) is 12.1 Å². The number of aryl methyl sites for hydroxylation is 1. The molecule has 2 aromatic carbocycles. The molecule has 2 aliphatic rings. The number of anilines is 2. The third-order valence-corrected chi connectivity index (χ3v) is 6.19. The summed E-state index contributed by atoms with van der Waals surface area (Å²) in [4.78, 5) is 26.1. The molecule has 34 heavy (non-hydrogen) atoms. The molecule has 0 radical (unpaired) electrons. The quantitative estimate of drug-likeness (QED) is 0.598. The molecule has 1 aromatic heterocycles. The zero-order valence-corrected chi connectivity index (χ0v) is 18.8. The van der Waals surface area contributed by atoms with Gasteiger partial charge in [-0.05, 0) is 61.7 Å². The fourth-order valence-corrected chi connectivity index (χ4v) is 4.45. The number of hydrogen-bond donors (Lipinski definition) is 1. The van der Waals surface area contributed by atoms with Gasteiger partial charge in [-0.15, -0.1) is 10.2 Å². The van der Waals surface area contributed by atoms with Crippen molar-refractivity contribution in [3.63, 3.8) is 0 Å². The number of fused-ring (bicyclic) bond motifs is 1. The molecule has 9 heteroatoms. The Morgan fingerprint density at radius 1 is 1.00 bits per heavy atom. The molecule has 0 atom stereocenters. The summed E-state index contributed by atoms with van der Waals surface area (Å²) < 4.78 is 22.2. The van der Waals surface area contributed by atoms with Gasteiger partial charge >= 0.3 is 0 Å². The Morgan fingerprint density at radius 2 is 1.85 bits per heavy atom. The number of carbonyl (C=O) groups is 2. The van der Waals surface area contributed by atoms with E-state index in [1.807, 2.05) is 16.7 Å². The van der Waals surface area contributed by atoms with Crippen LogP contribution in [0, 0.1) is 5.82 Å². The van der Waals surface area contributed by atoms with Gasteiger partial charge < -0.3 is 19.5 Å². The lowest BCUT2D eigenvalue weighted by Gasteiger charge is -2.16. The van der Waals surface area contributed by atoms with Crippen LogP contribution in [0.5, 0.6) is 5.75 Å². The minimum atomic E-state index is -0.412. The van der Waals surface area contributed by atoms with E-state index in [4.69, 9.17) is 4.74 Å². The maximum absolute atomic E-state index is 14.6. The van der Waals surface area contributed by atoms with Crippen LogP contribution in [0.1, 0.15) is 37.9 Å². The monoisotopic (exact) mass is 463 g/mol. The molecule has 1 N–H and O–H groups in total. The van der Waals surface area contributed by atoms with Crippen molar-refractivity contribution in [2.75, 3.05) is 23.4 Å². The van der Waals surface area contributed by atoms with E-state index in [0.717, 1.165) is 56.7 Å². The summed E-state index contributed by atoms with van der Waals surface area (Å²) in [6.45, 7) is 1.28. The SMILES string of the molecule is O=C(COc1ccc(N2CCCC2=O)cc1)Nc1ccc(F)c(-c2nnc3n2CCCCC3)c1. The van der Waals surface area contributed by atoms with Gasteiger partial charge in [0.1, 0.15) is 17.4 Å². The van der Waals surface area contributed by atoms with Crippen LogP contribution in [0.15, 0.2) is 42.5 Å². The molecule has 5 rings (SSSR count). The van der Waals surface area contributed by atoms with E-state index < -0.39 is 5.82 Å². The molecule has 0 unspecified atom stereocenters. The highest BCUT2D eigenvalue weighted by atomic mass is 19.1. The van der Waals surface area contributed by atoms with Crippen molar-refractivity contribution in [2.24, 2.45) is 0 Å². The molecule has 2 aliphatic heterocycles. The van der Waals surface area contributed by atoms with Crippen molar-refractivity contribution >= 4 is 23.2 Å². The Bertz CT molecular complexity index is 1210. The first-order valence-corrected chi connectivity index (χ1v) is 11.6. The van der Waals surface area contributed by atoms with Crippen molar-refractivity contribution < 1.29 is 18.7 Å². The second-order valence-corrected chi connectivity index (χ2v) is 8.58. The van der Waals surface area contributed by atoms with Gasteiger partial charge in [0.05, 0.1) is 5.56 Å². The maximum atomic E-state index is 14.6. The first-order valence-electron chi connectivity index (χ1n) is 11.6. The molecule has 2 amide bonds. The summed E-state index contributed by atoms with van der Waals surface area (Å²) in [6.07, 6.45) is 5.43. The molecule has 0 aliphatic carbocycles. The minimum Gasteiger partial charge on any atom is -0.484 e. The summed E-state index contributed by atoms with van der Waals surface area (Å²) in [5.74, 6) is 1.22. The molecule has 1 saturated heterocycles. The Labute approximate surface area is 196 Å². The first-order chi connectivity index (χ1) is 16.6. The Kier molecular flexibility index (Phi) is 6.24. The summed E-state index contributed by atoms with van der Waals surface area (Å²) in [5, 5.41) is 11.2. The molecule has 0 bridgehead atoms. The highest BCUT2D eigenvalue weighted by molar-refractivity contribution is 5.95. The zero-order chi connectivity index (χ0) is 23.5. The number of aromatic nitrogens is 3. The van der Waals surface area contributed by atoms with Crippen molar-refractivity contribution in [3.8, 4) is 17.1 Å². The summed E-state index contributed by atoms with van der Waals surface area (Å²) in [5.41, 5.74) is 1.59. The average Bonchev–Trinajstić information content (AvgIpc) is 3.38. The van der Waals surface area contributed by atoms with Crippen molar-refractivity contribution in [2.45, 2.75) is 45.1 Å². The Hall–Kier alpha value is -3.75. The standard InChI is InChI=1S/C25H26FN5O3/c26-21-12-7-17(15-20(21)25-29-28-22-5-2-1-3-13-31(22)25)27-23(32)16-34-19-10-8-18(9-11-19)30-14-4-6-24(30)33/h7-12,15H,1-6,13-14,16H2,(H,27,32). The molecule has 0 spiro atoms. The number of nitrogens with one attached hydrogen (secondary N) is 1. The van der Waals surface area contributed by atoms with E-state index in [2.05, 4.69) is 15.5 Å². The molecular weight excluding hydrogens is 437 g/mol. The van der Waals surface area contributed by atoms with Crippen molar-refractivity contribution in [1.82, 2.24) is 14.8 Å².